The van der Waals surface area contributed by atoms with Crippen LogP contribution in [0.3, 0.4) is 0 Å². The Morgan fingerprint density at radius 2 is 2.10 bits per heavy atom. The van der Waals surface area contributed by atoms with Crippen LogP contribution in [0, 0.1) is 0 Å². The van der Waals surface area contributed by atoms with Gasteiger partial charge in [-0.1, -0.05) is 30.4 Å². The van der Waals surface area contributed by atoms with E-state index in [0.717, 1.165) is 11.3 Å². The quantitative estimate of drug-likeness (QED) is 0.446. The molecule has 1 atom stereocenters. The number of carbonyl (C=O) groups is 3. The van der Waals surface area contributed by atoms with Crippen molar-refractivity contribution >= 4 is 23.9 Å². The third-order valence-electron chi connectivity index (χ3n) is 4.70. The summed E-state index contributed by atoms with van der Waals surface area (Å²) in [5, 5.41) is 5.58. The van der Waals surface area contributed by atoms with Crippen molar-refractivity contribution < 1.29 is 23.9 Å². The molecule has 29 heavy (non-hydrogen) atoms. The molecule has 0 aromatic heterocycles. The van der Waals surface area contributed by atoms with Crippen LogP contribution in [-0.2, 0) is 19.1 Å². The van der Waals surface area contributed by atoms with Crippen molar-refractivity contribution in [1.29, 1.82) is 0 Å². The summed E-state index contributed by atoms with van der Waals surface area (Å²) in [6, 6.07) is 7.17. The third kappa shape index (κ3) is 7.23. The summed E-state index contributed by atoms with van der Waals surface area (Å²) in [6.45, 7) is 2.14. The number of carbonyl (C=O) groups excluding carboxylic acids is 3. The summed E-state index contributed by atoms with van der Waals surface area (Å²) in [5.74, 6) is 0.115. The Labute approximate surface area is 171 Å². The minimum absolute atomic E-state index is 0.0759. The Morgan fingerprint density at radius 3 is 2.86 bits per heavy atom. The molecular formula is C21H29N3O5. The lowest BCUT2D eigenvalue weighted by molar-refractivity contribution is -0.140. The molecule has 1 saturated heterocycles. The van der Waals surface area contributed by atoms with Gasteiger partial charge in [0.25, 0.3) is 0 Å². The first kappa shape index (κ1) is 22.4. The number of esters is 1. The number of para-hydroxylation sites is 1. The number of rotatable bonds is 10. The molecule has 1 aromatic carbocycles. The molecule has 2 N–H and O–H groups in total. The van der Waals surface area contributed by atoms with Crippen LogP contribution in [-0.4, -0.2) is 69.1 Å². The van der Waals surface area contributed by atoms with Gasteiger partial charge in [-0.3, -0.25) is 19.3 Å². The Kier molecular flexibility index (Phi) is 9.17. The number of ether oxygens (including phenoxy) is 2. The van der Waals surface area contributed by atoms with Crippen molar-refractivity contribution in [3.63, 3.8) is 0 Å². The second-order valence-corrected chi connectivity index (χ2v) is 6.68. The molecule has 2 amide bonds. The molecule has 158 valence electrons. The first-order valence-corrected chi connectivity index (χ1v) is 9.70. The van der Waals surface area contributed by atoms with Gasteiger partial charge < -0.3 is 20.1 Å². The zero-order valence-electron chi connectivity index (χ0n) is 17.0. The molecule has 0 saturated carbocycles. The topological polar surface area (TPSA) is 97.0 Å². The molecule has 0 spiro atoms. The Morgan fingerprint density at radius 1 is 1.31 bits per heavy atom. The predicted molar refractivity (Wildman–Crippen MR) is 109 cm³/mol. The van der Waals surface area contributed by atoms with Crippen molar-refractivity contribution in [2.45, 2.75) is 25.3 Å². The van der Waals surface area contributed by atoms with Gasteiger partial charge in [0.15, 0.2) is 0 Å². The first-order chi connectivity index (χ1) is 14.0. The number of methoxy groups -OCH3 is 2. The van der Waals surface area contributed by atoms with E-state index >= 15 is 0 Å². The highest BCUT2D eigenvalue weighted by molar-refractivity contribution is 5.88. The molecule has 0 aliphatic carbocycles. The van der Waals surface area contributed by atoms with Gasteiger partial charge in [-0.2, -0.15) is 0 Å². The van der Waals surface area contributed by atoms with E-state index in [1.165, 1.54) is 7.11 Å². The van der Waals surface area contributed by atoms with Crippen LogP contribution in [0.25, 0.3) is 6.08 Å². The van der Waals surface area contributed by atoms with Gasteiger partial charge in [0.1, 0.15) is 5.75 Å². The normalized spacial score (nSPS) is 17.0. The monoisotopic (exact) mass is 403 g/mol. The maximum Gasteiger partial charge on any atom is 0.305 e. The van der Waals surface area contributed by atoms with Crippen LogP contribution in [0.4, 0.5) is 0 Å². The van der Waals surface area contributed by atoms with E-state index in [4.69, 9.17) is 4.74 Å². The number of nitrogens with zero attached hydrogens (tertiary/aromatic N) is 1. The third-order valence-corrected chi connectivity index (χ3v) is 4.70. The van der Waals surface area contributed by atoms with Crippen molar-refractivity contribution in [3.05, 3.63) is 35.9 Å². The maximum atomic E-state index is 12.3. The van der Waals surface area contributed by atoms with Gasteiger partial charge in [-0.25, -0.2) is 0 Å². The average Bonchev–Trinajstić information content (AvgIpc) is 2.73. The SMILES string of the molecule is COC(=O)CCCNC(=O)CC1C(=O)NCCN1CC=Cc1ccccc1OC. The summed E-state index contributed by atoms with van der Waals surface area (Å²) in [6.07, 6.45) is 4.75. The zero-order chi connectivity index (χ0) is 21.1. The number of benzene rings is 1. The summed E-state index contributed by atoms with van der Waals surface area (Å²) in [5.41, 5.74) is 0.955. The highest BCUT2D eigenvalue weighted by Crippen LogP contribution is 2.19. The number of hydrogen-bond acceptors (Lipinski definition) is 6. The summed E-state index contributed by atoms with van der Waals surface area (Å²) in [7, 11) is 2.96. The Balaban J connectivity index is 1.87. The molecule has 8 heteroatoms. The molecule has 1 aromatic rings. The Hall–Kier alpha value is -2.87. The van der Waals surface area contributed by atoms with Crippen molar-refractivity contribution in [2.75, 3.05) is 40.4 Å². The molecule has 1 heterocycles. The van der Waals surface area contributed by atoms with Crippen molar-refractivity contribution in [3.8, 4) is 5.75 Å². The van der Waals surface area contributed by atoms with Crippen LogP contribution in [0.1, 0.15) is 24.8 Å². The molecular weight excluding hydrogens is 374 g/mol. The second kappa shape index (κ2) is 11.9. The van der Waals surface area contributed by atoms with E-state index < -0.39 is 6.04 Å². The number of piperazine rings is 1. The fourth-order valence-corrected chi connectivity index (χ4v) is 3.13. The predicted octanol–water partition coefficient (Wildman–Crippen LogP) is 0.968. The van der Waals surface area contributed by atoms with Crippen LogP contribution in [0.2, 0.25) is 0 Å². The van der Waals surface area contributed by atoms with Crippen LogP contribution >= 0.6 is 0 Å². The van der Waals surface area contributed by atoms with Crippen molar-refractivity contribution in [2.24, 2.45) is 0 Å². The molecule has 0 bridgehead atoms. The lowest BCUT2D eigenvalue weighted by atomic mass is 10.1. The summed E-state index contributed by atoms with van der Waals surface area (Å²) in [4.78, 5) is 37.6. The Bertz CT molecular complexity index is 735. The molecule has 2 rings (SSSR count). The van der Waals surface area contributed by atoms with Gasteiger partial charge in [0.05, 0.1) is 26.7 Å². The highest BCUT2D eigenvalue weighted by atomic mass is 16.5. The molecule has 1 unspecified atom stereocenters. The van der Waals surface area contributed by atoms with E-state index in [2.05, 4.69) is 15.4 Å². The molecule has 0 radical (unpaired) electrons. The van der Waals surface area contributed by atoms with Gasteiger partial charge in [-0.15, -0.1) is 0 Å². The minimum atomic E-state index is -0.522. The largest absolute Gasteiger partial charge is 0.496 e. The smallest absolute Gasteiger partial charge is 0.305 e. The molecule has 1 fully saturated rings. The fraction of sp³-hybridized carbons (Fsp3) is 0.476. The standard InChI is InChI=1S/C21H29N3O5/c1-28-18-9-4-3-7-16(18)8-6-13-24-14-12-23-21(27)17(24)15-19(25)22-11-5-10-20(26)29-2/h3-4,6-9,17H,5,10-15H2,1-2H3,(H,22,25)(H,23,27). The maximum absolute atomic E-state index is 12.3. The van der Waals surface area contributed by atoms with E-state index in [1.807, 2.05) is 41.3 Å². The van der Waals surface area contributed by atoms with Crippen LogP contribution in [0.5, 0.6) is 5.75 Å². The van der Waals surface area contributed by atoms with E-state index in [-0.39, 0.29) is 30.6 Å². The average molecular weight is 403 g/mol. The van der Waals surface area contributed by atoms with E-state index in [0.29, 0.717) is 32.6 Å². The fourth-order valence-electron chi connectivity index (χ4n) is 3.13. The zero-order valence-corrected chi connectivity index (χ0v) is 17.0. The number of nitrogens with one attached hydrogen (secondary N) is 2. The number of hydrogen-bond donors (Lipinski definition) is 2. The lowest BCUT2D eigenvalue weighted by Gasteiger charge is -2.33. The van der Waals surface area contributed by atoms with Crippen LogP contribution in [0.15, 0.2) is 30.3 Å². The van der Waals surface area contributed by atoms with Gasteiger partial charge in [0.2, 0.25) is 11.8 Å². The minimum Gasteiger partial charge on any atom is -0.496 e. The highest BCUT2D eigenvalue weighted by Gasteiger charge is 2.30. The van der Waals surface area contributed by atoms with E-state index in [1.54, 1.807) is 7.11 Å². The van der Waals surface area contributed by atoms with Gasteiger partial charge >= 0.3 is 5.97 Å². The summed E-state index contributed by atoms with van der Waals surface area (Å²) >= 11 is 0. The van der Waals surface area contributed by atoms with Gasteiger partial charge in [0, 0.05) is 38.2 Å². The first-order valence-electron chi connectivity index (χ1n) is 9.70. The van der Waals surface area contributed by atoms with Crippen LogP contribution < -0.4 is 15.4 Å². The van der Waals surface area contributed by atoms with Crippen molar-refractivity contribution in [1.82, 2.24) is 15.5 Å². The van der Waals surface area contributed by atoms with E-state index in [9.17, 15) is 14.4 Å². The lowest BCUT2D eigenvalue weighted by Crippen LogP contribution is -2.56. The van der Waals surface area contributed by atoms with Gasteiger partial charge in [-0.05, 0) is 12.5 Å². The molecule has 1 aliphatic heterocycles. The molecule has 1 aliphatic rings. The number of amides is 2. The molecule has 8 nitrogen and oxygen atoms in total. The second-order valence-electron chi connectivity index (χ2n) is 6.68. The summed E-state index contributed by atoms with van der Waals surface area (Å²) < 4.78 is 9.90.